The Morgan fingerprint density at radius 3 is 2.89 bits per heavy atom. The maximum Gasteiger partial charge on any atom is 0.255 e. The lowest BCUT2D eigenvalue weighted by Gasteiger charge is -2.14. The molecule has 2 N–H and O–H groups in total. The van der Waals surface area contributed by atoms with Crippen LogP contribution in [0.5, 0.6) is 0 Å². The third kappa shape index (κ3) is 2.98. The number of thioether (sulfide) groups is 1. The first-order valence-corrected chi connectivity index (χ1v) is 7.79. The summed E-state index contributed by atoms with van der Waals surface area (Å²) in [6, 6.07) is 1.78. The Bertz CT molecular complexity index is 463. The van der Waals surface area contributed by atoms with Crippen molar-refractivity contribution in [3.05, 3.63) is 22.3 Å². The molecule has 0 bridgehead atoms. The van der Waals surface area contributed by atoms with Crippen molar-refractivity contribution < 1.29 is 4.79 Å². The van der Waals surface area contributed by atoms with Crippen LogP contribution in [0.1, 0.15) is 23.2 Å². The molecular weight excluding hydrogens is 314 g/mol. The van der Waals surface area contributed by atoms with Crippen molar-refractivity contribution in [3.63, 3.8) is 0 Å². The molecule has 0 radical (unpaired) electrons. The lowest BCUT2D eigenvalue weighted by Crippen LogP contribution is -2.32. The van der Waals surface area contributed by atoms with Crippen molar-refractivity contribution in [2.75, 3.05) is 25.2 Å². The van der Waals surface area contributed by atoms with Gasteiger partial charge in [-0.2, -0.15) is 11.8 Å². The Morgan fingerprint density at radius 2 is 2.33 bits per heavy atom. The van der Waals surface area contributed by atoms with E-state index in [-0.39, 0.29) is 10.7 Å². The highest BCUT2D eigenvalue weighted by Gasteiger charge is 2.42. The van der Waals surface area contributed by atoms with Crippen LogP contribution in [0.3, 0.4) is 0 Å². The second-order valence-corrected chi connectivity index (χ2v) is 6.56. The molecule has 1 aromatic heterocycles. The van der Waals surface area contributed by atoms with Gasteiger partial charge in [-0.15, -0.1) is 0 Å². The van der Waals surface area contributed by atoms with Crippen molar-refractivity contribution in [1.82, 2.24) is 10.3 Å². The van der Waals surface area contributed by atoms with E-state index >= 15 is 0 Å². The second-order valence-electron chi connectivity index (χ2n) is 4.37. The van der Waals surface area contributed by atoms with Gasteiger partial charge in [0.2, 0.25) is 0 Å². The van der Waals surface area contributed by atoms with Crippen molar-refractivity contribution in [2.45, 2.75) is 17.6 Å². The van der Waals surface area contributed by atoms with Crippen LogP contribution in [0.15, 0.2) is 16.7 Å². The predicted octanol–water partition coefficient (Wildman–Crippen LogP) is 2.51. The van der Waals surface area contributed by atoms with Gasteiger partial charge < -0.3 is 10.6 Å². The molecule has 1 aromatic rings. The summed E-state index contributed by atoms with van der Waals surface area (Å²) in [5.41, 5.74) is 0.573. The molecule has 0 atom stereocenters. The van der Waals surface area contributed by atoms with Gasteiger partial charge in [0.25, 0.3) is 5.91 Å². The Kier molecular flexibility index (Phi) is 4.17. The number of nitrogens with zero attached hydrogens (tertiary/aromatic N) is 1. The van der Waals surface area contributed by atoms with Crippen LogP contribution in [0.4, 0.5) is 5.82 Å². The molecule has 0 unspecified atom stereocenters. The van der Waals surface area contributed by atoms with Gasteiger partial charge in [0, 0.05) is 29.0 Å². The molecule has 1 aliphatic rings. The van der Waals surface area contributed by atoms with Crippen LogP contribution in [-0.2, 0) is 0 Å². The van der Waals surface area contributed by atoms with Gasteiger partial charge in [0.05, 0.1) is 5.56 Å². The second kappa shape index (κ2) is 5.48. The first-order valence-electron chi connectivity index (χ1n) is 5.77. The SMILES string of the molecule is CNc1ncc(Br)cc1C(=O)NCC1(SC)CC1. The fourth-order valence-corrected chi connectivity index (χ4v) is 2.80. The Morgan fingerprint density at radius 1 is 1.61 bits per heavy atom. The van der Waals surface area contributed by atoms with E-state index < -0.39 is 0 Å². The maximum absolute atomic E-state index is 12.1. The number of anilines is 1. The number of hydrogen-bond acceptors (Lipinski definition) is 4. The number of aromatic nitrogens is 1. The van der Waals surface area contributed by atoms with Crippen molar-refractivity contribution >= 4 is 39.4 Å². The number of amides is 1. The van der Waals surface area contributed by atoms with E-state index in [9.17, 15) is 4.79 Å². The molecule has 4 nitrogen and oxygen atoms in total. The molecule has 1 heterocycles. The van der Waals surface area contributed by atoms with Crippen LogP contribution in [0.25, 0.3) is 0 Å². The lowest BCUT2D eigenvalue weighted by atomic mass is 10.2. The van der Waals surface area contributed by atoms with Gasteiger partial charge in [-0.25, -0.2) is 4.98 Å². The topological polar surface area (TPSA) is 54.0 Å². The van der Waals surface area contributed by atoms with E-state index in [0.717, 1.165) is 11.0 Å². The van der Waals surface area contributed by atoms with E-state index in [1.807, 2.05) is 11.8 Å². The smallest absolute Gasteiger partial charge is 0.255 e. The highest BCUT2D eigenvalue weighted by Crippen LogP contribution is 2.46. The minimum atomic E-state index is -0.0755. The number of nitrogens with one attached hydrogen (secondary N) is 2. The summed E-state index contributed by atoms with van der Waals surface area (Å²) in [5, 5.41) is 5.93. The molecule has 1 fully saturated rings. The minimum absolute atomic E-state index is 0.0755. The molecule has 18 heavy (non-hydrogen) atoms. The average Bonchev–Trinajstić information content (AvgIpc) is 3.16. The number of pyridine rings is 1. The van der Waals surface area contributed by atoms with Gasteiger partial charge in [-0.1, -0.05) is 0 Å². The Hall–Kier alpha value is -0.750. The zero-order valence-electron chi connectivity index (χ0n) is 10.4. The van der Waals surface area contributed by atoms with Gasteiger partial charge in [-0.05, 0) is 41.1 Å². The van der Waals surface area contributed by atoms with Crippen molar-refractivity contribution in [3.8, 4) is 0 Å². The van der Waals surface area contributed by atoms with E-state index in [2.05, 4.69) is 37.8 Å². The molecule has 0 saturated heterocycles. The third-order valence-corrected chi connectivity index (χ3v) is 5.00. The molecule has 1 amide bonds. The van der Waals surface area contributed by atoms with E-state index in [1.165, 1.54) is 12.8 Å². The van der Waals surface area contributed by atoms with E-state index in [4.69, 9.17) is 0 Å². The summed E-state index contributed by atoms with van der Waals surface area (Å²) < 4.78 is 1.08. The van der Waals surface area contributed by atoms with Crippen molar-refractivity contribution in [1.29, 1.82) is 0 Å². The number of rotatable bonds is 5. The highest BCUT2D eigenvalue weighted by atomic mass is 79.9. The summed E-state index contributed by atoms with van der Waals surface area (Å²) in [7, 11) is 1.76. The standard InChI is InChI=1S/C12H16BrN3OS/c1-14-10-9(5-8(13)6-15-10)11(17)16-7-12(18-2)3-4-12/h5-6H,3-4,7H2,1-2H3,(H,14,15)(H,16,17). The molecule has 98 valence electrons. The molecule has 0 spiro atoms. The molecule has 1 aliphatic carbocycles. The van der Waals surface area contributed by atoms with Crippen molar-refractivity contribution in [2.24, 2.45) is 0 Å². The first kappa shape index (κ1) is 13.7. The average molecular weight is 330 g/mol. The van der Waals surface area contributed by atoms with Gasteiger partial charge in [0.1, 0.15) is 5.82 Å². The molecule has 2 rings (SSSR count). The van der Waals surface area contributed by atoms with Gasteiger partial charge in [0.15, 0.2) is 0 Å². The van der Waals surface area contributed by atoms with Crippen LogP contribution < -0.4 is 10.6 Å². The van der Waals surface area contributed by atoms with Crippen LogP contribution in [-0.4, -0.2) is 35.5 Å². The third-order valence-electron chi connectivity index (χ3n) is 3.15. The zero-order chi connectivity index (χ0) is 13.2. The summed E-state index contributed by atoms with van der Waals surface area (Å²) >= 11 is 5.17. The first-order chi connectivity index (χ1) is 8.60. The van der Waals surface area contributed by atoms with Crippen LogP contribution >= 0.6 is 27.7 Å². The molecule has 6 heteroatoms. The molecule has 0 aromatic carbocycles. The summed E-state index contributed by atoms with van der Waals surface area (Å²) in [6.45, 7) is 0.725. The summed E-state index contributed by atoms with van der Waals surface area (Å²) in [4.78, 5) is 16.3. The Balaban J connectivity index is 2.06. The maximum atomic E-state index is 12.1. The van der Waals surface area contributed by atoms with E-state index in [0.29, 0.717) is 11.4 Å². The zero-order valence-corrected chi connectivity index (χ0v) is 12.8. The number of halogens is 1. The molecule has 0 aliphatic heterocycles. The van der Waals surface area contributed by atoms with Gasteiger partial charge in [-0.3, -0.25) is 4.79 Å². The number of hydrogen-bond donors (Lipinski definition) is 2. The quantitative estimate of drug-likeness (QED) is 0.871. The summed E-state index contributed by atoms with van der Waals surface area (Å²) in [5.74, 6) is 0.526. The van der Waals surface area contributed by atoms with Gasteiger partial charge >= 0.3 is 0 Å². The lowest BCUT2D eigenvalue weighted by molar-refractivity contribution is 0.0953. The predicted molar refractivity (Wildman–Crippen MR) is 79.3 cm³/mol. The minimum Gasteiger partial charge on any atom is -0.372 e. The number of carbonyl (C=O) groups excluding carboxylic acids is 1. The molecular formula is C12H16BrN3OS. The largest absolute Gasteiger partial charge is 0.372 e. The monoisotopic (exact) mass is 329 g/mol. The van der Waals surface area contributed by atoms with E-state index in [1.54, 1.807) is 19.3 Å². The highest BCUT2D eigenvalue weighted by molar-refractivity contribution is 9.10. The van der Waals surface area contributed by atoms with Crippen LogP contribution in [0, 0.1) is 0 Å². The molecule has 1 saturated carbocycles. The fourth-order valence-electron chi connectivity index (χ4n) is 1.74. The fraction of sp³-hybridized carbons (Fsp3) is 0.500. The Labute approximate surface area is 119 Å². The normalized spacial score (nSPS) is 16.2. The van der Waals surface area contributed by atoms with Crippen LogP contribution in [0.2, 0.25) is 0 Å². The summed E-state index contributed by atoms with van der Waals surface area (Å²) in [6.07, 6.45) is 6.14. The number of carbonyl (C=O) groups is 1.